The topological polar surface area (TPSA) is 65.4 Å². The highest BCUT2D eigenvalue weighted by atomic mass is 16.5. The largest absolute Gasteiger partial charge is 0.493 e. The van der Waals surface area contributed by atoms with Crippen LogP contribution < -0.4 is 14.8 Å². The fourth-order valence-electron chi connectivity index (χ4n) is 5.01. The van der Waals surface area contributed by atoms with E-state index >= 15 is 0 Å². The summed E-state index contributed by atoms with van der Waals surface area (Å²) >= 11 is 0. The molecule has 1 amide bonds. The van der Waals surface area contributed by atoms with Crippen LogP contribution in [0.15, 0.2) is 42.5 Å². The number of fused-ring (bicyclic) bond motifs is 1. The maximum atomic E-state index is 12.5. The Morgan fingerprint density at radius 3 is 2.24 bits per heavy atom. The molecule has 3 aromatic rings. The van der Waals surface area contributed by atoms with Gasteiger partial charge in [0, 0.05) is 25.1 Å². The number of nitrogens with zero attached hydrogens (tertiary/aromatic N) is 2. The van der Waals surface area contributed by atoms with Crippen molar-refractivity contribution in [3.8, 4) is 11.5 Å². The summed E-state index contributed by atoms with van der Waals surface area (Å²) in [4.78, 5) is 17.5. The van der Waals surface area contributed by atoms with Gasteiger partial charge in [0.1, 0.15) is 5.82 Å². The molecule has 0 saturated carbocycles. The normalized spacial score (nSPS) is 11.1. The number of carbonyl (C=O) groups excluding carboxylic acids is 1. The molecule has 0 radical (unpaired) electrons. The number of ether oxygens (including phenoxy) is 2. The molecule has 1 heterocycles. The van der Waals surface area contributed by atoms with Crippen LogP contribution >= 0.6 is 0 Å². The fraction of sp³-hybridized carbons (Fsp3) is 0.562. The fourth-order valence-corrected chi connectivity index (χ4v) is 5.01. The van der Waals surface area contributed by atoms with Gasteiger partial charge in [-0.1, -0.05) is 76.8 Å². The maximum Gasteiger partial charge on any atom is 0.251 e. The predicted octanol–water partition coefficient (Wildman–Crippen LogP) is 7.73. The van der Waals surface area contributed by atoms with Crippen molar-refractivity contribution in [3.05, 3.63) is 53.9 Å². The SMILES string of the molecule is CCCCCCCCCCCn1c(CCCCCNC(=O)c2ccc(OC)c(OC)c2)nc2ccccc21. The van der Waals surface area contributed by atoms with E-state index < -0.39 is 0 Å². The number of aromatic nitrogens is 2. The van der Waals surface area contributed by atoms with Crippen LogP contribution in [0.2, 0.25) is 0 Å². The smallest absolute Gasteiger partial charge is 0.251 e. The Balaban J connectivity index is 1.39. The third-order valence-corrected chi connectivity index (χ3v) is 7.23. The number of rotatable bonds is 19. The number of hydrogen-bond donors (Lipinski definition) is 1. The first-order valence-corrected chi connectivity index (χ1v) is 14.6. The van der Waals surface area contributed by atoms with E-state index in [-0.39, 0.29) is 5.91 Å². The Bertz CT molecular complexity index is 1110. The zero-order chi connectivity index (χ0) is 27.0. The lowest BCUT2D eigenvalue weighted by Crippen LogP contribution is -2.24. The van der Waals surface area contributed by atoms with Gasteiger partial charge < -0.3 is 19.4 Å². The van der Waals surface area contributed by atoms with Crippen LogP contribution in [-0.2, 0) is 13.0 Å². The molecule has 0 fully saturated rings. The summed E-state index contributed by atoms with van der Waals surface area (Å²) in [6.45, 7) is 3.98. The Hall–Kier alpha value is -3.02. The van der Waals surface area contributed by atoms with Crippen LogP contribution in [0.4, 0.5) is 0 Å². The van der Waals surface area contributed by atoms with E-state index in [0.717, 1.165) is 37.7 Å². The van der Waals surface area contributed by atoms with Gasteiger partial charge in [-0.2, -0.15) is 0 Å². The van der Waals surface area contributed by atoms with E-state index in [1.54, 1.807) is 32.4 Å². The molecule has 6 nitrogen and oxygen atoms in total. The van der Waals surface area contributed by atoms with Gasteiger partial charge in [0.25, 0.3) is 5.91 Å². The maximum absolute atomic E-state index is 12.5. The first-order valence-electron chi connectivity index (χ1n) is 14.6. The summed E-state index contributed by atoms with van der Waals surface area (Å²) < 4.78 is 13.0. The van der Waals surface area contributed by atoms with E-state index in [1.807, 2.05) is 0 Å². The second-order valence-corrected chi connectivity index (χ2v) is 10.1. The van der Waals surface area contributed by atoms with Gasteiger partial charge in [-0.3, -0.25) is 4.79 Å². The van der Waals surface area contributed by atoms with E-state index in [4.69, 9.17) is 14.5 Å². The minimum Gasteiger partial charge on any atom is -0.493 e. The average Bonchev–Trinajstić information content (AvgIpc) is 3.30. The lowest BCUT2D eigenvalue weighted by Gasteiger charge is -2.11. The van der Waals surface area contributed by atoms with Gasteiger partial charge in [0.05, 0.1) is 25.3 Å². The van der Waals surface area contributed by atoms with Crippen molar-refractivity contribution >= 4 is 16.9 Å². The predicted molar refractivity (Wildman–Crippen MR) is 156 cm³/mol. The van der Waals surface area contributed by atoms with Gasteiger partial charge in [-0.25, -0.2) is 4.98 Å². The minimum absolute atomic E-state index is 0.0892. The molecule has 0 unspecified atom stereocenters. The molecular weight excluding hydrogens is 474 g/mol. The lowest BCUT2D eigenvalue weighted by atomic mass is 10.1. The first-order chi connectivity index (χ1) is 18.7. The Morgan fingerprint density at radius 2 is 1.50 bits per heavy atom. The number of carbonyl (C=O) groups is 1. The van der Waals surface area contributed by atoms with Gasteiger partial charge in [0.2, 0.25) is 0 Å². The van der Waals surface area contributed by atoms with Crippen molar-refractivity contribution in [1.29, 1.82) is 0 Å². The van der Waals surface area contributed by atoms with Crippen molar-refractivity contribution in [1.82, 2.24) is 14.9 Å². The van der Waals surface area contributed by atoms with Crippen LogP contribution in [-0.4, -0.2) is 36.2 Å². The van der Waals surface area contributed by atoms with Crippen molar-refractivity contribution in [2.45, 2.75) is 96.9 Å². The van der Waals surface area contributed by atoms with Crippen LogP contribution in [0.1, 0.15) is 100 Å². The number of methoxy groups -OCH3 is 2. The second-order valence-electron chi connectivity index (χ2n) is 10.1. The summed E-state index contributed by atoms with van der Waals surface area (Å²) in [5.74, 6) is 2.28. The zero-order valence-electron chi connectivity index (χ0n) is 23.8. The summed E-state index contributed by atoms with van der Waals surface area (Å²) in [6, 6.07) is 13.7. The van der Waals surface area contributed by atoms with Crippen molar-refractivity contribution < 1.29 is 14.3 Å². The first kappa shape index (κ1) is 29.5. The molecular formula is C32H47N3O3. The molecule has 0 saturated heterocycles. The highest BCUT2D eigenvalue weighted by Gasteiger charge is 2.12. The number of para-hydroxylation sites is 2. The molecule has 0 aliphatic heterocycles. The monoisotopic (exact) mass is 521 g/mol. The van der Waals surface area contributed by atoms with Gasteiger partial charge in [-0.05, 0) is 49.6 Å². The van der Waals surface area contributed by atoms with Crippen molar-refractivity contribution in [2.24, 2.45) is 0 Å². The Labute approximate surface area is 229 Å². The Morgan fingerprint density at radius 1 is 0.816 bits per heavy atom. The number of nitrogens with one attached hydrogen (secondary N) is 1. The summed E-state index contributed by atoms with van der Waals surface area (Å²) in [6.07, 6.45) is 16.1. The van der Waals surface area contributed by atoms with Crippen molar-refractivity contribution in [3.63, 3.8) is 0 Å². The standard InChI is InChI=1S/C32H47N3O3/c1-4-5-6-7-8-9-10-11-17-24-35-28-19-15-14-18-27(28)34-31(35)20-13-12-16-23-33-32(36)26-21-22-29(37-2)30(25-26)38-3/h14-15,18-19,21-22,25H,4-13,16-17,20,23-24H2,1-3H3,(H,33,36). The van der Waals surface area contributed by atoms with Crippen LogP contribution in [0.25, 0.3) is 11.0 Å². The van der Waals surface area contributed by atoms with Gasteiger partial charge in [-0.15, -0.1) is 0 Å². The molecule has 208 valence electrons. The van der Waals surface area contributed by atoms with E-state index in [2.05, 4.69) is 41.1 Å². The highest BCUT2D eigenvalue weighted by Crippen LogP contribution is 2.27. The molecule has 0 spiro atoms. The molecule has 6 heteroatoms. The molecule has 0 atom stereocenters. The number of aryl methyl sites for hydroxylation is 2. The second kappa shape index (κ2) is 16.7. The zero-order valence-corrected chi connectivity index (χ0v) is 23.8. The molecule has 0 aliphatic rings. The number of benzene rings is 2. The average molecular weight is 522 g/mol. The Kier molecular flexibility index (Phi) is 13.0. The van der Waals surface area contributed by atoms with E-state index in [0.29, 0.717) is 23.6 Å². The molecule has 2 aromatic carbocycles. The number of imidazole rings is 1. The van der Waals surface area contributed by atoms with Crippen LogP contribution in [0.5, 0.6) is 11.5 Å². The lowest BCUT2D eigenvalue weighted by molar-refractivity contribution is 0.0952. The molecule has 1 aromatic heterocycles. The third-order valence-electron chi connectivity index (χ3n) is 7.23. The minimum atomic E-state index is -0.0892. The van der Waals surface area contributed by atoms with Gasteiger partial charge >= 0.3 is 0 Å². The highest BCUT2D eigenvalue weighted by molar-refractivity contribution is 5.94. The summed E-state index contributed by atoms with van der Waals surface area (Å²) in [5.41, 5.74) is 2.93. The van der Waals surface area contributed by atoms with Crippen LogP contribution in [0.3, 0.4) is 0 Å². The molecule has 38 heavy (non-hydrogen) atoms. The summed E-state index contributed by atoms with van der Waals surface area (Å²) in [7, 11) is 3.16. The van der Waals surface area contributed by atoms with Crippen molar-refractivity contribution in [2.75, 3.05) is 20.8 Å². The molecule has 1 N–H and O–H groups in total. The summed E-state index contributed by atoms with van der Waals surface area (Å²) in [5, 5.41) is 3.02. The van der Waals surface area contributed by atoms with E-state index in [9.17, 15) is 4.79 Å². The van der Waals surface area contributed by atoms with Crippen LogP contribution in [0, 0.1) is 0 Å². The molecule has 0 bridgehead atoms. The molecule has 3 rings (SSSR count). The number of hydrogen-bond acceptors (Lipinski definition) is 4. The number of unbranched alkanes of at least 4 members (excludes halogenated alkanes) is 10. The van der Waals surface area contributed by atoms with E-state index in [1.165, 1.54) is 69.1 Å². The quantitative estimate of drug-likeness (QED) is 0.164. The molecule has 0 aliphatic carbocycles. The van der Waals surface area contributed by atoms with Gasteiger partial charge in [0.15, 0.2) is 11.5 Å². The number of amides is 1. The third kappa shape index (κ3) is 9.07.